The van der Waals surface area contributed by atoms with Crippen LogP contribution in [0.4, 0.5) is 0 Å². The Balaban J connectivity index is 2.66. The maximum Gasteiger partial charge on any atom is 0.193 e. The molecule has 1 heterocycles. The Morgan fingerprint density at radius 2 is 2.25 bits per heavy atom. The van der Waals surface area contributed by atoms with Gasteiger partial charge in [0.05, 0.1) is 6.04 Å². The number of hydrogen-bond acceptors (Lipinski definition) is 2. The van der Waals surface area contributed by atoms with Crippen LogP contribution in [0.2, 0.25) is 5.22 Å². The maximum atomic E-state index is 5.79. The number of hydrogen-bond donors (Lipinski definition) is 1. The third-order valence-electron chi connectivity index (χ3n) is 2.57. The van der Waals surface area contributed by atoms with Crippen LogP contribution in [0, 0.1) is 0 Å². The molecule has 1 N–H and O–H groups in total. The van der Waals surface area contributed by atoms with Gasteiger partial charge in [-0.1, -0.05) is 26.0 Å². The summed E-state index contributed by atoms with van der Waals surface area (Å²) in [5.41, 5.74) is 1.22. The quantitative estimate of drug-likeness (QED) is 0.719. The molecule has 3 heteroatoms. The van der Waals surface area contributed by atoms with Crippen LogP contribution in [-0.4, -0.2) is 6.54 Å². The second-order valence-electron chi connectivity index (χ2n) is 3.96. The largest absolute Gasteiger partial charge is 0.448 e. The minimum absolute atomic E-state index is 0.194. The summed E-state index contributed by atoms with van der Waals surface area (Å²) >= 11 is 5.79. The van der Waals surface area contributed by atoms with Crippen molar-refractivity contribution in [3.05, 3.63) is 35.3 Å². The van der Waals surface area contributed by atoms with Gasteiger partial charge < -0.3 is 9.73 Å². The molecule has 16 heavy (non-hydrogen) atoms. The van der Waals surface area contributed by atoms with E-state index in [1.54, 1.807) is 6.07 Å². The van der Waals surface area contributed by atoms with Crippen molar-refractivity contribution < 1.29 is 4.42 Å². The van der Waals surface area contributed by atoms with E-state index < -0.39 is 0 Å². The molecule has 1 rings (SSSR count). The summed E-state index contributed by atoms with van der Waals surface area (Å²) in [4.78, 5) is 0. The second kappa shape index (κ2) is 6.77. The van der Waals surface area contributed by atoms with Gasteiger partial charge in [-0.05, 0) is 49.5 Å². The van der Waals surface area contributed by atoms with Gasteiger partial charge in [0.2, 0.25) is 0 Å². The molecule has 0 aromatic carbocycles. The Hall–Kier alpha value is -0.730. The minimum Gasteiger partial charge on any atom is -0.448 e. The van der Waals surface area contributed by atoms with Gasteiger partial charge in [0.1, 0.15) is 5.76 Å². The molecule has 2 nitrogen and oxygen atoms in total. The molecule has 1 unspecified atom stereocenters. The van der Waals surface area contributed by atoms with E-state index in [1.165, 1.54) is 5.57 Å². The lowest BCUT2D eigenvalue weighted by atomic mass is 10.0. The standard InChI is InChI=1S/C13H20ClNO/c1-4-8-15-11(9-10(3)5-2)12-6-7-13(14)16-12/h6-7,11,15H,3-5,8-9H2,1-2H3. The third kappa shape index (κ3) is 4.03. The van der Waals surface area contributed by atoms with E-state index in [1.807, 2.05) is 6.07 Å². The maximum absolute atomic E-state index is 5.79. The first kappa shape index (κ1) is 13.3. The van der Waals surface area contributed by atoms with Crippen molar-refractivity contribution in [1.82, 2.24) is 5.32 Å². The molecule has 0 aliphatic carbocycles. The average molecular weight is 242 g/mol. The monoisotopic (exact) mass is 241 g/mol. The fourth-order valence-corrected chi connectivity index (χ4v) is 1.69. The van der Waals surface area contributed by atoms with E-state index in [2.05, 4.69) is 25.7 Å². The van der Waals surface area contributed by atoms with Crippen molar-refractivity contribution in [2.24, 2.45) is 0 Å². The highest BCUT2D eigenvalue weighted by molar-refractivity contribution is 6.28. The summed E-state index contributed by atoms with van der Waals surface area (Å²) in [6.45, 7) is 9.28. The lowest BCUT2D eigenvalue weighted by molar-refractivity contribution is 0.409. The molecule has 1 aromatic rings. The van der Waals surface area contributed by atoms with Crippen molar-refractivity contribution >= 4 is 11.6 Å². The van der Waals surface area contributed by atoms with E-state index >= 15 is 0 Å². The first-order valence-electron chi connectivity index (χ1n) is 5.82. The smallest absolute Gasteiger partial charge is 0.193 e. The fourth-order valence-electron chi connectivity index (χ4n) is 1.54. The molecular weight excluding hydrogens is 222 g/mol. The molecule has 0 spiro atoms. The van der Waals surface area contributed by atoms with Crippen LogP contribution in [0.1, 0.15) is 44.9 Å². The second-order valence-corrected chi connectivity index (χ2v) is 4.33. The van der Waals surface area contributed by atoms with Crippen LogP contribution in [0.5, 0.6) is 0 Å². The Morgan fingerprint density at radius 1 is 1.50 bits per heavy atom. The highest BCUT2D eigenvalue weighted by Crippen LogP contribution is 2.25. The summed E-state index contributed by atoms with van der Waals surface area (Å²) in [7, 11) is 0. The first-order valence-corrected chi connectivity index (χ1v) is 6.20. The lowest BCUT2D eigenvalue weighted by Gasteiger charge is -2.17. The van der Waals surface area contributed by atoms with Crippen LogP contribution in [0.15, 0.2) is 28.7 Å². The summed E-state index contributed by atoms with van der Waals surface area (Å²) in [6, 6.07) is 3.91. The molecule has 0 fully saturated rings. The molecule has 0 radical (unpaired) electrons. The lowest BCUT2D eigenvalue weighted by Crippen LogP contribution is -2.22. The summed E-state index contributed by atoms with van der Waals surface area (Å²) < 4.78 is 5.45. The number of nitrogens with one attached hydrogen (secondary N) is 1. The number of rotatable bonds is 7. The zero-order chi connectivity index (χ0) is 12.0. The topological polar surface area (TPSA) is 25.2 Å². The van der Waals surface area contributed by atoms with Crippen molar-refractivity contribution in [2.45, 2.75) is 39.2 Å². The van der Waals surface area contributed by atoms with E-state index in [-0.39, 0.29) is 6.04 Å². The first-order chi connectivity index (χ1) is 7.67. The minimum atomic E-state index is 0.194. The summed E-state index contributed by atoms with van der Waals surface area (Å²) in [5.74, 6) is 0.896. The molecular formula is C13H20ClNO. The van der Waals surface area contributed by atoms with Crippen molar-refractivity contribution in [2.75, 3.05) is 6.54 Å². The third-order valence-corrected chi connectivity index (χ3v) is 2.77. The molecule has 90 valence electrons. The summed E-state index contributed by atoms with van der Waals surface area (Å²) in [5, 5.41) is 3.90. The predicted molar refractivity (Wildman–Crippen MR) is 68.8 cm³/mol. The van der Waals surface area contributed by atoms with Gasteiger partial charge in [0, 0.05) is 0 Å². The Bertz CT molecular complexity index is 332. The molecule has 0 saturated heterocycles. The van der Waals surface area contributed by atoms with Crippen LogP contribution in [-0.2, 0) is 0 Å². The van der Waals surface area contributed by atoms with Gasteiger partial charge in [0.25, 0.3) is 0 Å². The molecule has 1 atom stereocenters. The molecule has 1 aromatic heterocycles. The van der Waals surface area contributed by atoms with Gasteiger partial charge in [-0.15, -0.1) is 0 Å². The van der Waals surface area contributed by atoms with Crippen molar-refractivity contribution in [1.29, 1.82) is 0 Å². The Labute approximate surface area is 103 Å². The summed E-state index contributed by atoms with van der Waals surface area (Å²) in [6.07, 6.45) is 3.00. The SMILES string of the molecule is C=C(CC)CC(NCCC)c1ccc(Cl)o1. The van der Waals surface area contributed by atoms with Gasteiger partial charge >= 0.3 is 0 Å². The zero-order valence-electron chi connectivity index (χ0n) is 10.1. The van der Waals surface area contributed by atoms with E-state index in [4.69, 9.17) is 16.0 Å². The Kier molecular flexibility index (Phi) is 5.64. The Morgan fingerprint density at radius 3 is 2.75 bits per heavy atom. The van der Waals surface area contributed by atoms with Crippen LogP contribution in [0.3, 0.4) is 0 Å². The zero-order valence-corrected chi connectivity index (χ0v) is 10.8. The van der Waals surface area contributed by atoms with Gasteiger partial charge in [0.15, 0.2) is 5.22 Å². The van der Waals surface area contributed by atoms with Crippen LogP contribution in [0.25, 0.3) is 0 Å². The van der Waals surface area contributed by atoms with Crippen molar-refractivity contribution in [3.8, 4) is 0 Å². The average Bonchev–Trinajstić information content (AvgIpc) is 2.70. The van der Waals surface area contributed by atoms with Gasteiger partial charge in [-0.3, -0.25) is 0 Å². The van der Waals surface area contributed by atoms with E-state index in [0.717, 1.165) is 31.6 Å². The van der Waals surface area contributed by atoms with Crippen molar-refractivity contribution in [3.63, 3.8) is 0 Å². The molecule has 0 bridgehead atoms. The molecule has 0 saturated carbocycles. The van der Waals surface area contributed by atoms with E-state index in [0.29, 0.717) is 5.22 Å². The van der Waals surface area contributed by atoms with Gasteiger partial charge in [-0.2, -0.15) is 0 Å². The van der Waals surface area contributed by atoms with Crippen LogP contribution < -0.4 is 5.32 Å². The molecule has 0 aliphatic heterocycles. The normalized spacial score (nSPS) is 12.7. The highest BCUT2D eigenvalue weighted by Gasteiger charge is 2.15. The number of halogens is 1. The fraction of sp³-hybridized carbons (Fsp3) is 0.538. The predicted octanol–water partition coefficient (Wildman–Crippen LogP) is 4.33. The number of furan rings is 1. The molecule has 0 amide bonds. The van der Waals surface area contributed by atoms with Crippen LogP contribution >= 0.6 is 11.6 Å². The van der Waals surface area contributed by atoms with E-state index in [9.17, 15) is 0 Å². The van der Waals surface area contributed by atoms with Gasteiger partial charge in [-0.25, -0.2) is 0 Å². The highest BCUT2D eigenvalue weighted by atomic mass is 35.5. The molecule has 0 aliphatic rings.